The van der Waals surface area contributed by atoms with Crippen molar-refractivity contribution in [3.05, 3.63) is 10.4 Å². The van der Waals surface area contributed by atoms with E-state index in [-0.39, 0.29) is 38.7 Å². The molecule has 0 aromatic carbocycles. The van der Waals surface area contributed by atoms with Gasteiger partial charge in [-0.05, 0) is 0 Å². The van der Waals surface area contributed by atoms with E-state index in [9.17, 15) is 24.6 Å². The van der Waals surface area contributed by atoms with E-state index in [1.165, 1.54) is 6.92 Å². The van der Waals surface area contributed by atoms with Gasteiger partial charge in [0.1, 0.15) is 0 Å². The van der Waals surface area contributed by atoms with Gasteiger partial charge in [-0.1, -0.05) is 0 Å². The average Bonchev–Trinajstić information content (AvgIpc) is 2.86. The van der Waals surface area contributed by atoms with Crippen LogP contribution in [0.3, 0.4) is 0 Å². The summed E-state index contributed by atoms with van der Waals surface area (Å²) in [5.74, 6) is -1.90. The second-order valence-electron chi connectivity index (χ2n) is 9.84. The van der Waals surface area contributed by atoms with Crippen molar-refractivity contribution in [2.24, 2.45) is 17.0 Å². The Hall–Kier alpha value is -2.04. The first kappa shape index (κ1) is 33.2. The number of hydrogen-bond donors (Lipinski definition) is 0. The molecule has 0 amide bonds. The molecule has 13 nitrogen and oxygen atoms in total. The van der Waals surface area contributed by atoms with E-state index in [0.717, 1.165) is 27.3 Å². The zero-order valence-electron chi connectivity index (χ0n) is 23.3. The van der Waals surface area contributed by atoms with Crippen LogP contribution in [-0.4, -0.2) is 93.1 Å². The van der Waals surface area contributed by atoms with Crippen molar-refractivity contribution in [1.29, 1.82) is 0 Å². The third kappa shape index (κ3) is 8.98. The zero-order valence-corrected chi connectivity index (χ0v) is 24.3. The summed E-state index contributed by atoms with van der Waals surface area (Å²) in [4.78, 5) is 38.4. The maximum absolute atomic E-state index is 12.0. The molecule has 0 aliphatic carbocycles. The van der Waals surface area contributed by atoms with Gasteiger partial charge in [0.2, 0.25) is 0 Å². The third-order valence-electron chi connectivity index (χ3n) is 6.98. The van der Waals surface area contributed by atoms with Crippen molar-refractivity contribution in [3.8, 4) is 0 Å². The van der Waals surface area contributed by atoms with Gasteiger partial charge < -0.3 is 0 Å². The Labute approximate surface area is 231 Å². The fourth-order valence-electron chi connectivity index (χ4n) is 5.03. The van der Waals surface area contributed by atoms with Crippen LogP contribution in [-0.2, 0) is 47.5 Å². The van der Waals surface area contributed by atoms with E-state index in [0.29, 0.717) is 0 Å². The van der Waals surface area contributed by atoms with Crippen molar-refractivity contribution in [3.63, 3.8) is 0 Å². The molecule has 1 radical (unpaired) electrons. The number of carbonyl (C=O) groups excluding carboxylic acids is 3. The van der Waals surface area contributed by atoms with Gasteiger partial charge in [0.15, 0.2) is 0 Å². The minimum atomic E-state index is -1.29. The Bertz CT molecular complexity index is 927. The fourth-order valence-corrected chi connectivity index (χ4v) is 6.42. The molecule has 2 saturated heterocycles. The molecule has 0 aromatic heterocycles. The van der Waals surface area contributed by atoms with Crippen LogP contribution >= 0.6 is 8.46 Å². The quantitative estimate of drug-likeness (QED) is 0.0647. The number of hydrogen-bond acceptors (Lipinski definition) is 11. The molecule has 0 N–H and O–H groups in total. The van der Waals surface area contributed by atoms with Crippen LogP contribution in [0.15, 0.2) is 5.11 Å². The van der Waals surface area contributed by atoms with E-state index in [4.69, 9.17) is 28.4 Å². The molecule has 0 bridgehead atoms. The first-order valence-electron chi connectivity index (χ1n) is 13.0. The van der Waals surface area contributed by atoms with Crippen LogP contribution in [0, 0.1) is 11.8 Å². The molecule has 2 aliphatic rings. The average molecular weight is 568 g/mol. The number of ether oxygens (including phenoxy) is 6. The summed E-state index contributed by atoms with van der Waals surface area (Å²) in [6.07, 6.45) is -5.08. The van der Waals surface area contributed by atoms with E-state index in [2.05, 4.69) is 23.9 Å². The number of carbonyl (C=O) groups is 3. The summed E-state index contributed by atoms with van der Waals surface area (Å²) in [6, 6.07) is -1.24. The molecule has 2 rings (SSSR count). The molecular weight excluding hydrogens is 531 g/mol. The van der Waals surface area contributed by atoms with Crippen molar-refractivity contribution >= 4 is 40.3 Å². The molecule has 0 saturated carbocycles. The monoisotopic (exact) mass is 568 g/mol. The van der Waals surface area contributed by atoms with Gasteiger partial charge in [0.25, 0.3) is 0 Å². The molecule has 2 fully saturated rings. The van der Waals surface area contributed by atoms with E-state index >= 15 is 0 Å². The molecule has 12 atom stereocenters. The predicted molar refractivity (Wildman–Crippen MR) is 141 cm³/mol. The van der Waals surface area contributed by atoms with Gasteiger partial charge in [-0.2, -0.15) is 0 Å². The van der Waals surface area contributed by atoms with Gasteiger partial charge in [-0.15, -0.1) is 0 Å². The summed E-state index contributed by atoms with van der Waals surface area (Å²) < 4.78 is 46.0. The Kier molecular flexibility index (Phi) is 13.3. The van der Waals surface area contributed by atoms with Crippen molar-refractivity contribution in [2.45, 2.75) is 110 Å². The Morgan fingerprint density at radius 3 is 2.23 bits per heavy atom. The Morgan fingerprint density at radius 2 is 1.69 bits per heavy atom. The number of azide groups is 1. The maximum atomic E-state index is 12.0. The first-order valence-corrected chi connectivity index (χ1v) is 14.1. The van der Waals surface area contributed by atoms with E-state index in [1.807, 2.05) is 13.8 Å². The molecule has 39 heavy (non-hydrogen) atoms. The Balaban J connectivity index is 2.45. The topological polar surface area (TPSA) is 172 Å². The molecule has 6 unspecified atom stereocenters. The van der Waals surface area contributed by atoms with E-state index in [1.54, 1.807) is 6.89 Å². The van der Waals surface area contributed by atoms with Gasteiger partial charge in [0.05, 0.1) is 0 Å². The number of nitrogens with zero attached hydrogens (tertiary/aromatic N) is 3. The second-order valence-corrected chi connectivity index (χ2v) is 11.2. The zero-order chi connectivity index (χ0) is 29.3. The van der Waals surface area contributed by atoms with Crippen LogP contribution in [0.4, 0.5) is 0 Å². The van der Waals surface area contributed by atoms with Gasteiger partial charge in [-0.3, -0.25) is 9.59 Å². The van der Waals surface area contributed by atoms with Crippen LogP contribution in [0.1, 0.15) is 54.9 Å². The van der Waals surface area contributed by atoms with Crippen molar-refractivity contribution in [1.82, 2.24) is 0 Å². The third-order valence-corrected chi connectivity index (χ3v) is 8.55. The van der Waals surface area contributed by atoms with Gasteiger partial charge in [0, 0.05) is 13.8 Å². The van der Waals surface area contributed by atoms with Crippen molar-refractivity contribution < 1.29 is 47.5 Å². The predicted octanol–water partition coefficient (Wildman–Crippen LogP) is 2.30. The number of esters is 3. The summed E-state index contributed by atoms with van der Waals surface area (Å²) in [6.45, 7) is 12.8. The standard InChI is InChI=1S/C23H37B2N3O10P/c1-8-10(2)18-22(39-25-24-32)11(3)19(12(4)34-18)38-23-17(27-28-26)21(36-15(7)31)20(35-14(6)30)16(37-23)9-33-13(5)29/h10-12,16-23,39H,8-9H2,1-7H3/t10-,11+,12-,16?,17?,18?,19?,20+,21?,22-,23+/m0/s1. The summed E-state index contributed by atoms with van der Waals surface area (Å²) in [7, 11) is 0.962. The Morgan fingerprint density at radius 1 is 1.05 bits per heavy atom. The molecule has 16 heteroatoms. The van der Waals surface area contributed by atoms with Gasteiger partial charge in [-0.25, -0.2) is 0 Å². The molecule has 2 aliphatic heterocycles. The van der Waals surface area contributed by atoms with Crippen molar-refractivity contribution in [2.75, 3.05) is 6.61 Å². The summed E-state index contributed by atoms with van der Waals surface area (Å²) >= 11 is 0. The minimum absolute atomic E-state index is 0.0252. The second kappa shape index (κ2) is 15.7. The SMILES string of the molecule is CC[C@H](C)C1O[C@@H](C)C(O[C@H]2OC(COC(C)=O)[C@@H](OC(C)=O)C(OC(C)=O)C2N=[N+]=[N-])[C@@H](C)[C@@H]1P[B]B=O. The van der Waals surface area contributed by atoms with Crippen LogP contribution < -0.4 is 0 Å². The molecule has 0 aromatic rings. The molecule has 0 spiro atoms. The fraction of sp³-hybridized carbons (Fsp3) is 0.870. The molecule has 2 heterocycles. The summed E-state index contributed by atoms with van der Waals surface area (Å²) in [5.41, 5.74) is 9.31. The van der Waals surface area contributed by atoms with Crippen LogP contribution in [0.25, 0.3) is 10.4 Å². The normalized spacial score (nSPS) is 35.3. The first-order chi connectivity index (χ1) is 18.4. The van der Waals surface area contributed by atoms with E-state index < -0.39 is 60.8 Å². The van der Waals surface area contributed by atoms with Gasteiger partial charge >= 0.3 is 208 Å². The van der Waals surface area contributed by atoms with Crippen LogP contribution in [0.2, 0.25) is 0 Å². The molecular formula is C23H37B2N3O10P. The molecule has 215 valence electrons. The van der Waals surface area contributed by atoms with Crippen LogP contribution in [0.5, 0.6) is 0 Å². The number of rotatable bonds is 12. The summed E-state index contributed by atoms with van der Waals surface area (Å²) in [5, 5.41) is 3.79.